The molecule has 0 aliphatic carbocycles. The van der Waals surface area contributed by atoms with Crippen LogP contribution in [0.2, 0.25) is 0 Å². The first-order valence-corrected chi connectivity index (χ1v) is 11.2. The van der Waals surface area contributed by atoms with Crippen LogP contribution in [0.5, 0.6) is 0 Å². The van der Waals surface area contributed by atoms with Crippen molar-refractivity contribution in [3.8, 4) is 11.4 Å². The fourth-order valence-electron chi connectivity index (χ4n) is 3.16. The number of hydrogen-bond donors (Lipinski definition) is 1. The zero-order valence-corrected chi connectivity index (χ0v) is 18.5. The molecule has 0 bridgehead atoms. The molecule has 1 N–H and O–H groups in total. The standard InChI is InChI=1S/C22H22N6O3S/c1-14(2)11-12-23-19(29)13-32-22-24-18-6-4-3-5-17(18)21-25-20(26-27(21)22)15-7-9-16(10-8-15)28(30)31/h3-10,14H,11-13H2,1-2H3,(H,23,29). The minimum absolute atomic E-state index is 0.00403. The second-order valence-electron chi connectivity index (χ2n) is 7.71. The smallest absolute Gasteiger partial charge is 0.269 e. The molecule has 0 spiro atoms. The predicted molar refractivity (Wildman–Crippen MR) is 124 cm³/mol. The van der Waals surface area contributed by atoms with Crippen molar-refractivity contribution in [1.82, 2.24) is 24.9 Å². The molecular weight excluding hydrogens is 428 g/mol. The van der Waals surface area contributed by atoms with Gasteiger partial charge in [0.1, 0.15) is 0 Å². The Morgan fingerprint density at radius 1 is 1.16 bits per heavy atom. The maximum absolute atomic E-state index is 12.3. The Balaban J connectivity index is 1.66. The summed E-state index contributed by atoms with van der Waals surface area (Å²) in [7, 11) is 0. The number of carbonyl (C=O) groups is 1. The van der Waals surface area contributed by atoms with Gasteiger partial charge in [-0.3, -0.25) is 14.9 Å². The quantitative estimate of drug-likeness (QED) is 0.186. The van der Waals surface area contributed by atoms with Crippen molar-refractivity contribution in [3.05, 3.63) is 58.6 Å². The van der Waals surface area contributed by atoms with E-state index in [-0.39, 0.29) is 17.3 Å². The molecule has 0 aliphatic rings. The molecule has 0 saturated heterocycles. The summed E-state index contributed by atoms with van der Waals surface area (Å²) in [5, 5.41) is 19.8. The van der Waals surface area contributed by atoms with E-state index in [2.05, 4.69) is 34.2 Å². The fourth-order valence-corrected chi connectivity index (χ4v) is 3.93. The number of thioether (sulfide) groups is 1. The van der Waals surface area contributed by atoms with Gasteiger partial charge in [0, 0.05) is 29.6 Å². The van der Waals surface area contributed by atoms with Gasteiger partial charge in [-0.25, -0.2) is 9.97 Å². The molecule has 4 rings (SSSR count). The maximum atomic E-state index is 12.3. The fraction of sp³-hybridized carbons (Fsp3) is 0.273. The molecule has 0 unspecified atom stereocenters. The minimum atomic E-state index is -0.445. The molecule has 32 heavy (non-hydrogen) atoms. The third kappa shape index (κ3) is 4.70. The number of para-hydroxylation sites is 1. The van der Waals surface area contributed by atoms with E-state index in [1.54, 1.807) is 16.6 Å². The van der Waals surface area contributed by atoms with Crippen LogP contribution in [0.4, 0.5) is 5.69 Å². The number of benzene rings is 2. The monoisotopic (exact) mass is 450 g/mol. The number of aromatic nitrogens is 4. The van der Waals surface area contributed by atoms with Crippen LogP contribution in [-0.2, 0) is 4.79 Å². The summed E-state index contributed by atoms with van der Waals surface area (Å²) < 4.78 is 1.63. The van der Waals surface area contributed by atoms with E-state index in [1.807, 2.05) is 24.3 Å². The van der Waals surface area contributed by atoms with Crippen LogP contribution >= 0.6 is 11.8 Å². The topological polar surface area (TPSA) is 115 Å². The second kappa shape index (κ2) is 9.31. The molecule has 9 nitrogen and oxygen atoms in total. The molecule has 0 saturated carbocycles. The number of hydrogen-bond acceptors (Lipinski definition) is 7. The Labute approximate surface area is 188 Å². The zero-order valence-electron chi connectivity index (χ0n) is 17.7. The van der Waals surface area contributed by atoms with Crippen LogP contribution in [0.1, 0.15) is 20.3 Å². The lowest BCUT2D eigenvalue weighted by Crippen LogP contribution is -2.27. The van der Waals surface area contributed by atoms with Crippen molar-refractivity contribution in [3.63, 3.8) is 0 Å². The van der Waals surface area contributed by atoms with Crippen LogP contribution in [0, 0.1) is 16.0 Å². The Hall–Kier alpha value is -3.53. The van der Waals surface area contributed by atoms with Gasteiger partial charge in [-0.1, -0.05) is 37.7 Å². The summed E-state index contributed by atoms with van der Waals surface area (Å²) >= 11 is 1.29. The Bertz CT molecular complexity index is 1290. The summed E-state index contributed by atoms with van der Waals surface area (Å²) in [5.74, 6) is 1.11. The summed E-state index contributed by atoms with van der Waals surface area (Å²) in [5.41, 5.74) is 2.03. The number of nitro groups is 1. The normalized spacial score (nSPS) is 11.3. The third-order valence-electron chi connectivity index (χ3n) is 4.86. The first kappa shape index (κ1) is 21.7. The van der Waals surface area contributed by atoms with Crippen LogP contribution < -0.4 is 5.32 Å². The van der Waals surface area contributed by atoms with Gasteiger partial charge < -0.3 is 5.32 Å². The molecule has 2 aromatic carbocycles. The molecule has 0 atom stereocenters. The van der Waals surface area contributed by atoms with Gasteiger partial charge >= 0.3 is 0 Å². The number of carbonyl (C=O) groups excluding carboxylic acids is 1. The highest BCUT2D eigenvalue weighted by molar-refractivity contribution is 7.99. The van der Waals surface area contributed by atoms with E-state index in [4.69, 9.17) is 0 Å². The van der Waals surface area contributed by atoms with Gasteiger partial charge in [-0.2, -0.15) is 4.52 Å². The number of nitrogens with one attached hydrogen (secondary N) is 1. The van der Waals surface area contributed by atoms with Crippen molar-refractivity contribution in [1.29, 1.82) is 0 Å². The van der Waals surface area contributed by atoms with Crippen LogP contribution in [0.3, 0.4) is 0 Å². The summed E-state index contributed by atoms with van der Waals surface area (Å²) in [4.78, 5) is 32.1. The van der Waals surface area contributed by atoms with Gasteiger partial charge in [0.2, 0.25) is 5.91 Å². The average molecular weight is 451 g/mol. The lowest BCUT2D eigenvalue weighted by molar-refractivity contribution is -0.384. The lowest BCUT2D eigenvalue weighted by Gasteiger charge is -2.08. The summed E-state index contributed by atoms with van der Waals surface area (Å²) in [6, 6.07) is 13.7. The van der Waals surface area contributed by atoms with Crippen molar-refractivity contribution in [2.75, 3.05) is 12.3 Å². The molecule has 2 aromatic heterocycles. The molecule has 4 aromatic rings. The summed E-state index contributed by atoms with van der Waals surface area (Å²) in [6.07, 6.45) is 0.927. The molecule has 0 radical (unpaired) electrons. The Morgan fingerprint density at radius 3 is 2.62 bits per heavy atom. The second-order valence-corrected chi connectivity index (χ2v) is 8.65. The van der Waals surface area contributed by atoms with Gasteiger partial charge in [0.15, 0.2) is 16.6 Å². The van der Waals surface area contributed by atoms with E-state index in [0.29, 0.717) is 34.7 Å². The van der Waals surface area contributed by atoms with Crippen LogP contribution in [-0.4, -0.2) is 42.7 Å². The first-order valence-electron chi connectivity index (χ1n) is 10.2. The van der Waals surface area contributed by atoms with Crippen molar-refractivity contribution >= 4 is 39.9 Å². The molecule has 2 heterocycles. The SMILES string of the molecule is CC(C)CCNC(=O)CSc1nc2ccccc2c2nc(-c3ccc([N+](=O)[O-])cc3)nn12. The molecule has 164 valence electrons. The largest absolute Gasteiger partial charge is 0.355 e. The van der Waals surface area contributed by atoms with Gasteiger partial charge in [0.25, 0.3) is 5.69 Å². The summed E-state index contributed by atoms with van der Waals surface area (Å²) in [6.45, 7) is 4.87. The van der Waals surface area contributed by atoms with Crippen LogP contribution in [0.15, 0.2) is 53.7 Å². The van der Waals surface area contributed by atoms with Crippen molar-refractivity contribution in [2.24, 2.45) is 5.92 Å². The van der Waals surface area contributed by atoms with E-state index < -0.39 is 4.92 Å². The van der Waals surface area contributed by atoms with Crippen molar-refractivity contribution in [2.45, 2.75) is 25.4 Å². The van der Waals surface area contributed by atoms with E-state index in [0.717, 1.165) is 17.3 Å². The number of nitro benzene ring substituents is 1. The number of nitrogens with zero attached hydrogens (tertiary/aromatic N) is 5. The predicted octanol–water partition coefficient (Wildman–Crippen LogP) is 4.11. The van der Waals surface area contributed by atoms with E-state index in [9.17, 15) is 14.9 Å². The van der Waals surface area contributed by atoms with Gasteiger partial charge in [-0.15, -0.1) is 5.10 Å². The number of rotatable bonds is 8. The minimum Gasteiger partial charge on any atom is -0.355 e. The molecular formula is C22H22N6O3S. The number of fused-ring (bicyclic) bond motifs is 3. The first-order chi connectivity index (χ1) is 15.4. The molecule has 1 amide bonds. The molecule has 0 fully saturated rings. The highest BCUT2D eigenvalue weighted by Crippen LogP contribution is 2.27. The van der Waals surface area contributed by atoms with Crippen LogP contribution in [0.25, 0.3) is 27.9 Å². The zero-order chi connectivity index (χ0) is 22.7. The highest BCUT2D eigenvalue weighted by Gasteiger charge is 2.16. The van der Waals surface area contributed by atoms with Gasteiger partial charge in [-0.05, 0) is 36.6 Å². The van der Waals surface area contributed by atoms with E-state index >= 15 is 0 Å². The molecule has 0 aliphatic heterocycles. The van der Waals surface area contributed by atoms with Crippen molar-refractivity contribution < 1.29 is 9.72 Å². The number of non-ortho nitro benzene ring substituents is 1. The molecule has 10 heteroatoms. The lowest BCUT2D eigenvalue weighted by atomic mass is 10.1. The Morgan fingerprint density at radius 2 is 1.91 bits per heavy atom. The average Bonchev–Trinajstić information content (AvgIpc) is 3.23. The maximum Gasteiger partial charge on any atom is 0.269 e. The highest BCUT2D eigenvalue weighted by atomic mass is 32.2. The van der Waals surface area contributed by atoms with Gasteiger partial charge in [0.05, 0.1) is 16.2 Å². The third-order valence-corrected chi connectivity index (χ3v) is 5.79. The van der Waals surface area contributed by atoms with E-state index in [1.165, 1.54) is 23.9 Å². The number of amides is 1. The Kier molecular flexibility index (Phi) is 6.31.